The molecular formula is C27H34N2O. The first-order chi connectivity index (χ1) is 14.8. The van der Waals surface area contributed by atoms with Crippen LogP contribution in [0.3, 0.4) is 0 Å². The summed E-state index contributed by atoms with van der Waals surface area (Å²) in [5, 5.41) is 0. The Morgan fingerprint density at radius 3 is 2.07 bits per heavy atom. The molecule has 0 spiro atoms. The molecule has 0 aliphatic carbocycles. The number of hydrogen-bond acceptors (Lipinski definition) is 3. The highest BCUT2D eigenvalue weighted by atomic mass is 16.5. The predicted molar refractivity (Wildman–Crippen MR) is 126 cm³/mol. The summed E-state index contributed by atoms with van der Waals surface area (Å²) in [5.41, 5.74) is 4.79. The van der Waals surface area contributed by atoms with Gasteiger partial charge >= 0.3 is 0 Å². The van der Waals surface area contributed by atoms with Crippen LogP contribution in [0.25, 0.3) is 11.1 Å². The molecule has 0 aliphatic heterocycles. The van der Waals surface area contributed by atoms with Crippen molar-refractivity contribution in [2.45, 2.75) is 39.5 Å². The van der Waals surface area contributed by atoms with Crippen molar-refractivity contribution in [3.63, 3.8) is 0 Å². The summed E-state index contributed by atoms with van der Waals surface area (Å²) >= 11 is 0. The Bertz CT molecular complexity index is 838. The minimum atomic E-state index is 0.733. The monoisotopic (exact) mass is 402 g/mol. The van der Waals surface area contributed by atoms with Crippen molar-refractivity contribution >= 4 is 0 Å². The third-order valence-corrected chi connectivity index (χ3v) is 5.28. The summed E-state index contributed by atoms with van der Waals surface area (Å²) in [6.07, 6.45) is 6.34. The lowest BCUT2D eigenvalue weighted by Crippen LogP contribution is -2.30. The van der Waals surface area contributed by atoms with Crippen LogP contribution in [0.5, 0.6) is 5.75 Å². The number of rotatable bonds is 12. The second kappa shape index (κ2) is 12.1. The van der Waals surface area contributed by atoms with E-state index in [0.717, 1.165) is 56.1 Å². The number of ether oxygens (including phenoxy) is 1. The molecule has 1 aromatic heterocycles. The van der Waals surface area contributed by atoms with Gasteiger partial charge in [0, 0.05) is 24.0 Å². The van der Waals surface area contributed by atoms with Crippen molar-refractivity contribution in [1.82, 2.24) is 9.88 Å². The zero-order valence-corrected chi connectivity index (χ0v) is 18.4. The number of hydrogen-bond donors (Lipinski definition) is 0. The topological polar surface area (TPSA) is 25.4 Å². The Hall–Kier alpha value is -2.65. The molecule has 0 amide bonds. The quantitative estimate of drug-likeness (QED) is 0.369. The first kappa shape index (κ1) is 22.0. The van der Waals surface area contributed by atoms with Crippen molar-refractivity contribution in [1.29, 1.82) is 0 Å². The van der Waals surface area contributed by atoms with Gasteiger partial charge in [-0.25, -0.2) is 0 Å². The van der Waals surface area contributed by atoms with Crippen LogP contribution in [0.15, 0.2) is 72.9 Å². The van der Waals surface area contributed by atoms with Crippen LogP contribution >= 0.6 is 0 Å². The molecule has 0 fully saturated rings. The maximum absolute atomic E-state index is 5.96. The highest BCUT2D eigenvalue weighted by Gasteiger charge is 2.04. The van der Waals surface area contributed by atoms with Gasteiger partial charge in [0.2, 0.25) is 0 Å². The number of benzene rings is 2. The molecule has 0 saturated carbocycles. The number of aryl methyl sites for hydroxylation is 2. The van der Waals surface area contributed by atoms with Gasteiger partial charge in [0.25, 0.3) is 0 Å². The molecule has 0 saturated heterocycles. The lowest BCUT2D eigenvalue weighted by molar-refractivity contribution is 0.209. The van der Waals surface area contributed by atoms with Crippen LogP contribution in [-0.2, 0) is 12.8 Å². The third-order valence-electron chi connectivity index (χ3n) is 5.28. The molecule has 3 nitrogen and oxygen atoms in total. The van der Waals surface area contributed by atoms with Gasteiger partial charge in [0.05, 0.1) is 0 Å². The molecule has 30 heavy (non-hydrogen) atoms. The smallest absolute Gasteiger partial charge is 0.119 e. The standard InChI is InChI=1S/C27H34N2O/c1-3-18-29(19-4-2)20-21-30-27-16-12-24(13-17-27)25-11-15-26(28-22-25)14-10-23-8-6-5-7-9-23/h5-9,11-13,15-17,22H,3-4,10,14,18-21H2,1-2H3. The van der Waals surface area contributed by atoms with Gasteiger partial charge in [-0.3, -0.25) is 9.88 Å². The molecule has 2 aromatic carbocycles. The van der Waals surface area contributed by atoms with Crippen molar-refractivity contribution in [2.24, 2.45) is 0 Å². The van der Waals surface area contributed by atoms with Gasteiger partial charge in [0.1, 0.15) is 12.4 Å². The Morgan fingerprint density at radius 1 is 0.733 bits per heavy atom. The Morgan fingerprint density at radius 2 is 1.43 bits per heavy atom. The van der Waals surface area contributed by atoms with Crippen molar-refractivity contribution in [2.75, 3.05) is 26.2 Å². The minimum absolute atomic E-state index is 0.733. The molecule has 1 heterocycles. The van der Waals surface area contributed by atoms with E-state index in [1.54, 1.807) is 0 Å². The molecule has 0 N–H and O–H groups in total. The third kappa shape index (κ3) is 7.00. The van der Waals surface area contributed by atoms with Crippen molar-refractivity contribution in [3.8, 4) is 16.9 Å². The van der Waals surface area contributed by atoms with Crippen LogP contribution in [0.1, 0.15) is 37.9 Å². The van der Waals surface area contributed by atoms with Crippen LogP contribution in [-0.4, -0.2) is 36.1 Å². The Labute approximate surface area is 181 Å². The van der Waals surface area contributed by atoms with Crippen LogP contribution in [0.4, 0.5) is 0 Å². The highest BCUT2D eigenvalue weighted by Crippen LogP contribution is 2.22. The SMILES string of the molecule is CCCN(CCC)CCOc1ccc(-c2ccc(CCc3ccccc3)nc2)cc1. The summed E-state index contributed by atoms with van der Waals surface area (Å²) in [7, 11) is 0. The number of pyridine rings is 1. The van der Waals surface area contributed by atoms with E-state index in [2.05, 4.69) is 90.5 Å². The first-order valence-electron chi connectivity index (χ1n) is 11.2. The second-order valence-electron chi connectivity index (χ2n) is 7.74. The largest absolute Gasteiger partial charge is 0.492 e. The van der Waals surface area contributed by atoms with E-state index in [4.69, 9.17) is 4.74 Å². The summed E-state index contributed by atoms with van der Waals surface area (Å²) < 4.78 is 5.96. The predicted octanol–water partition coefficient (Wildman–Crippen LogP) is 6.03. The fraction of sp³-hybridized carbons (Fsp3) is 0.370. The molecular weight excluding hydrogens is 368 g/mol. The molecule has 158 valence electrons. The Kier molecular flexibility index (Phi) is 8.92. The maximum atomic E-state index is 5.96. The van der Waals surface area contributed by atoms with Gasteiger partial charge in [-0.05, 0) is 68.1 Å². The summed E-state index contributed by atoms with van der Waals surface area (Å²) in [6.45, 7) is 8.46. The highest BCUT2D eigenvalue weighted by molar-refractivity contribution is 5.63. The van der Waals surface area contributed by atoms with E-state index in [9.17, 15) is 0 Å². The van der Waals surface area contributed by atoms with Gasteiger partial charge in [-0.15, -0.1) is 0 Å². The van der Waals surface area contributed by atoms with Crippen LogP contribution < -0.4 is 4.74 Å². The second-order valence-corrected chi connectivity index (χ2v) is 7.74. The summed E-state index contributed by atoms with van der Waals surface area (Å²) in [4.78, 5) is 7.13. The first-order valence-corrected chi connectivity index (χ1v) is 11.2. The average Bonchev–Trinajstić information content (AvgIpc) is 2.80. The Balaban J connectivity index is 1.49. The van der Waals surface area contributed by atoms with Crippen molar-refractivity contribution < 1.29 is 4.74 Å². The minimum Gasteiger partial charge on any atom is -0.492 e. The van der Waals surface area contributed by atoms with E-state index < -0.39 is 0 Å². The molecule has 0 atom stereocenters. The average molecular weight is 403 g/mol. The molecule has 0 aliphatic rings. The van der Waals surface area contributed by atoms with Gasteiger partial charge < -0.3 is 4.74 Å². The molecule has 0 bridgehead atoms. The van der Waals surface area contributed by atoms with Crippen LogP contribution in [0.2, 0.25) is 0 Å². The lowest BCUT2D eigenvalue weighted by atomic mass is 10.1. The van der Waals surface area contributed by atoms with E-state index in [1.165, 1.54) is 24.0 Å². The summed E-state index contributed by atoms with van der Waals surface area (Å²) in [5.74, 6) is 0.930. The molecule has 3 aromatic rings. The van der Waals surface area contributed by atoms with E-state index >= 15 is 0 Å². The zero-order valence-electron chi connectivity index (χ0n) is 18.4. The molecule has 3 heteroatoms. The fourth-order valence-corrected chi connectivity index (χ4v) is 3.66. The lowest BCUT2D eigenvalue weighted by Gasteiger charge is -2.20. The van der Waals surface area contributed by atoms with E-state index in [1.807, 2.05) is 6.20 Å². The van der Waals surface area contributed by atoms with Gasteiger partial charge in [-0.1, -0.05) is 62.4 Å². The van der Waals surface area contributed by atoms with Crippen molar-refractivity contribution in [3.05, 3.63) is 84.2 Å². The van der Waals surface area contributed by atoms with Gasteiger partial charge in [0.15, 0.2) is 0 Å². The zero-order chi connectivity index (χ0) is 21.0. The normalized spacial score (nSPS) is 11.0. The summed E-state index contributed by atoms with van der Waals surface area (Å²) in [6, 6.07) is 23.2. The molecule has 0 radical (unpaired) electrons. The molecule has 3 rings (SSSR count). The van der Waals surface area contributed by atoms with E-state index in [0.29, 0.717) is 0 Å². The van der Waals surface area contributed by atoms with E-state index in [-0.39, 0.29) is 0 Å². The number of aromatic nitrogens is 1. The van der Waals surface area contributed by atoms with Crippen LogP contribution in [0, 0.1) is 0 Å². The van der Waals surface area contributed by atoms with Gasteiger partial charge in [-0.2, -0.15) is 0 Å². The fourth-order valence-electron chi connectivity index (χ4n) is 3.66. The maximum Gasteiger partial charge on any atom is 0.119 e. The molecule has 0 unspecified atom stereocenters. The number of nitrogens with zero attached hydrogens (tertiary/aromatic N) is 2.